The average molecular weight is 528 g/mol. The van der Waals surface area contributed by atoms with Crippen molar-refractivity contribution in [3.63, 3.8) is 0 Å². The molecule has 5 N–H and O–H groups in total. The summed E-state index contributed by atoms with van der Waals surface area (Å²) in [5, 5.41) is 17.6. The van der Waals surface area contributed by atoms with E-state index in [1.54, 1.807) is 12.2 Å². The molecule has 2 aromatic rings. The van der Waals surface area contributed by atoms with E-state index in [0.717, 1.165) is 11.6 Å². The van der Waals surface area contributed by atoms with E-state index in [0.29, 0.717) is 43.5 Å². The Bertz CT molecular complexity index is 1270. The highest BCUT2D eigenvalue weighted by Crippen LogP contribution is 2.36. The number of primary amides is 1. The number of anilines is 1. The first-order chi connectivity index (χ1) is 18.0. The molecule has 9 heteroatoms. The Hall–Kier alpha value is -3.43. The average Bonchev–Trinajstić information content (AvgIpc) is 2.89. The van der Waals surface area contributed by atoms with Gasteiger partial charge < -0.3 is 21.5 Å². The number of hydrogen-bond acceptors (Lipinski definition) is 4. The molecule has 0 bridgehead atoms. The number of rotatable bonds is 7. The molecule has 4 rings (SSSR count). The van der Waals surface area contributed by atoms with E-state index in [-0.39, 0.29) is 29.5 Å². The topological polar surface area (TPSA) is 104 Å². The number of carbonyl (C=O) groups excluding carboxylic acids is 2. The molecule has 2 aromatic carbocycles. The molecular formula is C29H32F3N3O3. The summed E-state index contributed by atoms with van der Waals surface area (Å²) >= 11 is 0. The van der Waals surface area contributed by atoms with E-state index < -0.39 is 29.2 Å². The molecule has 2 unspecified atom stereocenters. The first kappa shape index (κ1) is 27.6. The van der Waals surface area contributed by atoms with Gasteiger partial charge in [-0.25, -0.2) is 0 Å². The Morgan fingerprint density at radius 3 is 2.55 bits per heavy atom. The molecule has 1 aliphatic carbocycles. The van der Waals surface area contributed by atoms with E-state index in [1.807, 2.05) is 30.3 Å². The highest BCUT2D eigenvalue weighted by molar-refractivity contribution is 5.97. The van der Waals surface area contributed by atoms with Crippen LogP contribution < -0.4 is 16.4 Å². The summed E-state index contributed by atoms with van der Waals surface area (Å²) < 4.78 is 40.3. The van der Waals surface area contributed by atoms with Gasteiger partial charge in [0.25, 0.3) is 5.91 Å². The molecule has 1 aliphatic heterocycles. The number of halogens is 3. The lowest BCUT2D eigenvalue weighted by Crippen LogP contribution is -2.53. The van der Waals surface area contributed by atoms with Crippen molar-refractivity contribution >= 4 is 17.5 Å². The van der Waals surface area contributed by atoms with Crippen LogP contribution in [0.1, 0.15) is 47.4 Å². The summed E-state index contributed by atoms with van der Waals surface area (Å²) in [5.74, 6) is -1.68. The number of carbonyl (C=O) groups is 2. The van der Waals surface area contributed by atoms with Crippen molar-refractivity contribution in [2.24, 2.45) is 11.7 Å². The highest BCUT2D eigenvalue weighted by atomic mass is 19.4. The predicted octanol–water partition coefficient (Wildman–Crippen LogP) is 4.38. The van der Waals surface area contributed by atoms with Gasteiger partial charge in [0.2, 0.25) is 5.91 Å². The number of piperidine rings is 1. The van der Waals surface area contributed by atoms with E-state index in [1.165, 1.54) is 19.1 Å². The quantitative estimate of drug-likeness (QED) is 0.429. The normalized spacial score (nSPS) is 19.9. The molecule has 38 heavy (non-hydrogen) atoms. The molecule has 202 valence electrons. The Morgan fingerprint density at radius 1 is 1.13 bits per heavy atom. The Labute approximate surface area is 219 Å². The van der Waals surface area contributed by atoms with Crippen LogP contribution in [0.2, 0.25) is 0 Å². The molecule has 0 spiro atoms. The Balaban J connectivity index is 1.61. The molecule has 1 heterocycles. The summed E-state index contributed by atoms with van der Waals surface area (Å²) in [7, 11) is 0. The summed E-state index contributed by atoms with van der Waals surface area (Å²) in [6.45, 7) is 2.60. The monoisotopic (exact) mass is 527 g/mol. The van der Waals surface area contributed by atoms with Crippen LogP contribution in [0.5, 0.6) is 0 Å². The zero-order valence-electron chi connectivity index (χ0n) is 21.1. The third-order valence-electron chi connectivity index (χ3n) is 7.46. The van der Waals surface area contributed by atoms with Gasteiger partial charge in [-0.15, -0.1) is 0 Å². The number of hydrogen-bond donors (Lipinski definition) is 4. The van der Waals surface area contributed by atoms with Gasteiger partial charge in [-0.2, -0.15) is 13.2 Å². The molecule has 2 atom stereocenters. The number of alkyl halides is 3. The molecule has 2 amide bonds. The fourth-order valence-corrected chi connectivity index (χ4v) is 5.29. The molecular weight excluding hydrogens is 495 g/mol. The van der Waals surface area contributed by atoms with Crippen LogP contribution in [0.15, 0.2) is 66.3 Å². The molecule has 0 radical (unpaired) electrons. The molecule has 1 fully saturated rings. The van der Waals surface area contributed by atoms with Gasteiger partial charge in [0.1, 0.15) is 5.60 Å². The minimum atomic E-state index is -4.56. The van der Waals surface area contributed by atoms with Crippen molar-refractivity contribution < 1.29 is 27.9 Å². The summed E-state index contributed by atoms with van der Waals surface area (Å²) in [5.41, 5.74) is 4.94. The van der Waals surface area contributed by atoms with Crippen LogP contribution >= 0.6 is 0 Å². The van der Waals surface area contributed by atoms with Crippen molar-refractivity contribution in [3.8, 4) is 0 Å². The molecule has 1 saturated heterocycles. The lowest BCUT2D eigenvalue weighted by atomic mass is 9.76. The number of aryl methyl sites for hydroxylation is 1. The van der Waals surface area contributed by atoms with Crippen LogP contribution in [0, 0.1) is 12.8 Å². The van der Waals surface area contributed by atoms with Crippen molar-refractivity contribution in [3.05, 3.63) is 88.5 Å². The minimum absolute atomic E-state index is 0.00964. The van der Waals surface area contributed by atoms with Crippen LogP contribution in [-0.4, -0.2) is 35.6 Å². The number of nitrogens with one attached hydrogen (secondary N) is 2. The molecule has 0 saturated carbocycles. The number of aliphatic hydroxyl groups is 1. The van der Waals surface area contributed by atoms with Gasteiger partial charge in [-0.3, -0.25) is 9.59 Å². The highest BCUT2D eigenvalue weighted by Gasteiger charge is 2.44. The van der Waals surface area contributed by atoms with Gasteiger partial charge in [-0.1, -0.05) is 48.6 Å². The Morgan fingerprint density at radius 2 is 1.87 bits per heavy atom. The maximum absolute atomic E-state index is 13.6. The zero-order chi connectivity index (χ0) is 27.5. The minimum Gasteiger partial charge on any atom is -0.379 e. The van der Waals surface area contributed by atoms with Gasteiger partial charge in [-0.05, 0) is 74.0 Å². The molecule has 0 aromatic heterocycles. The molecule has 2 aliphatic rings. The van der Waals surface area contributed by atoms with Crippen molar-refractivity contribution in [2.75, 3.05) is 18.4 Å². The number of amides is 2. The maximum atomic E-state index is 13.6. The zero-order valence-corrected chi connectivity index (χ0v) is 21.1. The predicted molar refractivity (Wildman–Crippen MR) is 139 cm³/mol. The number of allylic oxidation sites excluding steroid dienone is 3. The smallest absolute Gasteiger partial charge is 0.379 e. The maximum Gasteiger partial charge on any atom is 0.416 e. The second kappa shape index (κ2) is 11.1. The lowest BCUT2D eigenvalue weighted by molar-refractivity contribution is -0.141. The van der Waals surface area contributed by atoms with Crippen LogP contribution in [0.25, 0.3) is 0 Å². The third kappa shape index (κ3) is 6.16. The van der Waals surface area contributed by atoms with E-state index in [4.69, 9.17) is 5.73 Å². The standard InChI is InChI=1S/C29H32F3N3O3/c1-18-8-9-24(16-25(18)29(30,31)32)35-27(37)28(38,23-10-12-34-13-11-23)17-19-4-2-5-20(14-19)21-6-3-7-22(15-21)26(33)36/h2-9,14,16,21,23,34,38H,10-13,15,17H2,1H3,(H2,33,36)(H,35,37). The lowest BCUT2D eigenvalue weighted by Gasteiger charge is -2.37. The van der Waals surface area contributed by atoms with Crippen molar-refractivity contribution in [1.82, 2.24) is 5.32 Å². The number of benzene rings is 2. The van der Waals surface area contributed by atoms with E-state index in [9.17, 15) is 27.9 Å². The first-order valence-electron chi connectivity index (χ1n) is 12.7. The van der Waals surface area contributed by atoms with Crippen molar-refractivity contribution in [2.45, 2.75) is 50.3 Å². The first-order valence-corrected chi connectivity index (χ1v) is 12.7. The Kier molecular flexibility index (Phi) is 8.08. The van der Waals surface area contributed by atoms with Crippen molar-refractivity contribution in [1.29, 1.82) is 0 Å². The summed E-state index contributed by atoms with van der Waals surface area (Å²) in [4.78, 5) is 25.2. The van der Waals surface area contributed by atoms with E-state index in [2.05, 4.69) is 10.6 Å². The second-order valence-corrected chi connectivity index (χ2v) is 10.1. The van der Waals surface area contributed by atoms with E-state index >= 15 is 0 Å². The van der Waals surface area contributed by atoms with Crippen LogP contribution in [0.4, 0.5) is 18.9 Å². The largest absolute Gasteiger partial charge is 0.416 e. The molecule has 6 nitrogen and oxygen atoms in total. The van der Waals surface area contributed by atoms with Crippen LogP contribution in [0.3, 0.4) is 0 Å². The fourth-order valence-electron chi connectivity index (χ4n) is 5.29. The second-order valence-electron chi connectivity index (χ2n) is 10.1. The fraction of sp³-hybridized carbons (Fsp3) is 0.379. The summed E-state index contributed by atoms with van der Waals surface area (Å²) in [6, 6.07) is 11.1. The van der Waals surface area contributed by atoms with Crippen LogP contribution in [-0.2, 0) is 22.2 Å². The SMILES string of the molecule is Cc1ccc(NC(=O)C(O)(Cc2cccc(C3C=CC=C(C(N)=O)C3)c2)C2CCNCC2)cc1C(F)(F)F. The van der Waals surface area contributed by atoms with Gasteiger partial charge >= 0.3 is 6.18 Å². The van der Waals surface area contributed by atoms with Gasteiger partial charge in [0.15, 0.2) is 0 Å². The van der Waals surface area contributed by atoms with Gasteiger partial charge in [0, 0.05) is 23.6 Å². The third-order valence-corrected chi connectivity index (χ3v) is 7.46. The number of nitrogens with two attached hydrogens (primary N) is 1. The summed E-state index contributed by atoms with van der Waals surface area (Å²) in [6.07, 6.45) is 2.41. The van der Waals surface area contributed by atoms with Gasteiger partial charge in [0.05, 0.1) is 5.56 Å².